The summed E-state index contributed by atoms with van der Waals surface area (Å²) >= 11 is 0. The van der Waals surface area contributed by atoms with Crippen molar-refractivity contribution in [2.75, 3.05) is 0 Å². The summed E-state index contributed by atoms with van der Waals surface area (Å²) < 4.78 is 0. The number of rotatable bonds is 4. The topological polar surface area (TPSA) is 0 Å². The first-order valence-electron chi connectivity index (χ1n) is 7.56. The molecule has 0 aromatic rings. The number of hydrogen-bond acceptors (Lipinski definition) is 0. The normalized spacial score (nSPS) is 21.1. The van der Waals surface area contributed by atoms with Crippen LogP contribution in [0.2, 0.25) is 0 Å². The Hall–Kier alpha value is -1.04. The van der Waals surface area contributed by atoms with Crippen LogP contribution in [0.5, 0.6) is 0 Å². The van der Waals surface area contributed by atoms with Crippen LogP contribution in [0.1, 0.15) is 60.8 Å². The maximum atomic E-state index is 2.37. The molecular weight excluding hydrogens is 228 g/mol. The molecule has 1 rings (SSSR count). The first-order valence-corrected chi connectivity index (χ1v) is 7.56. The second-order valence-electron chi connectivity index (χ2n) is 6.80. The van der Waals surface area contributed by atoms with E-state index < -0.39 is 0 Å². The van der Waals surface area contributed by atoms with Gasteiger partial charge in [-0.15, -0.1) is 0 Å². The predicted molar refractivity (Wildman–Crippen MR) is 87.2 cm³/mol. The molecule has 0 saturated heterocycles. The quantitative estimate of drug-likeness (QED) is 0.524. The summed E-state index contributed by atoms with van der Waals surface area (Å²) in [6, 6.07) is 0. The van der Waals surface area contributed by atoms with Crippen LogP contribution in [-0.4, -0.2) is 0 Å². The van der Waals surface area contributed by atoms with E-state index in [0.29, 0.717) is 11.3 Å². The Labute approximate surface area is 120 Å². The van der Waals surface area contributed by atoms with Gasteiger partial charge < -0.3 is 0 Å². The molecule has 0 aromatic heterocycles. The molecule has 0 unspecified atom stereocenters. The lowest BCUT2D eigenvalue weighted by molar-refractivity contribution is 0.377. The molecule has 0 saturated carbocycles. The van der Waals surface area contributed by atoms with E-state index in [2.05, 4.69) is 71.9 Å². The van der Waals surface area contributed by atoms with Crippen molar-refractivity contribution >= 4 is 0 Å². The van der Waals surface area contributed by atoms with E-state index in [1.165, 1.54) is 24.8 Å². The smallest absolute Gasteiger partial charge is 0.0104 e. The van der Waals surface area contributed by atoms with Crippen LogP contribution >= 0.6 is 0 Å². The van der Waals surface area contributed by atoms with E-state index in [-0.39, 0.29) is 0 Å². The first kappa shape index (κ1) is 16.0. The van der Waals surface area contributed by atoms with Gasteiger partial charge in [0.05, 0.1) is 0 Å². The lowest BCUT2D eigenvalue weighted by atomic mass is 9.72. The number of allylic oxidation sites excluding steroid dienone is 8. The molecule has 1 aliphatic rings. The summed E-state index contributed by atoms with van der Waals surface area (Å²) in [7, 11) is 0. The van der Waals surface area contributed by atoms with E-state index >= 15 is 0 Å². The van der Waals surface area contributed by atoms with Gasteiger partial charge in [0.2, 0.25) is 0 Å². The van der Waals surface area contributed by atoms with E-state index in [1.807, 2.05) is 0 Å². The van der Waals surface area contributed by atoms with Crippen molar-refractivity contribution in [1.29, 1.82) is 0 Å². The zero-order valence-corrected chi connectivity index (χ0v) is 13.6. The Morgan fingerprint density at radius 1 is 1.26 bits per heavy atom. The van der Waals surface area contributed by atoms with E-state index in [4.69, 9.17) is 0 Å². The highest BCUT2D eigenvalue weighted by Gasteiger charge is 2.26. The van der Waals surface area contributed by atoms with Crippen LogP contribution in [-0.2, 0) is 0 Å². The summed E-state index contributed by atoms with van der Waals surface area (Å²) in [6.07, 6.45) is 15.1. The molecule has 0 heteroatoms. The van der Waals surface area contributed by atoms with Gasteiger partial charge in [0.15, 0.2) is 0 Å². The zero-order valence-electron chi connectivity index (χ0n) is 13.6. The minimum absolute atomic E-state index is 0.340. The van der Waals surface area contributed by atoms with Gasteiger partial charge in [-0.05, 0) is 50.0 Å². The van der Waals surface area contributed by atoms with Crippen molar-refractivity contribution < 1.29 is 0 Å². The van der Waals surface area contributed by atoms with E-state index in [1.54, 1.807) is 11.1 Å². The van der Waals surface area contributed by atoms with Gasteiger partial charge in [-0.1, -0.05) is 69.2 Å². The van der Waals surface area contributed by atoms with Gasteiger partial charge in [0.1, 0.15) is 0 Å². The highest BCUT2D eigenvalue weighted by atomic mass is 14.3. The van der Waals surface area contributed by atoms with Crippen molar-refractivity contribution in [3.8, 4) is 0 Å². The standard InChI is InChI=1S/C19H30/c1-15(2)9-7-10-16(3)12-13-18-17(4)11-8-14-19(18,5)6/h7,9-10,12-13,15H,8,11,14H2,1-6H3/b9-7-,13-12+,16-10+. The number of hydrogen-bond donors (Lipinski definition) is 0. The largest absolute Gasteiger partial charge is 0.0820 e. The van der Waals surface area contributed by atoms with Crippen LogP contribution in [0.4, 0.5) is 0 Å². The average molecular weight is 258 g/mol. The highest BCUT2D eigenvalue weighted by molar-refractivity contribution is 5.36. The predicted octanol–water partition coefficient (Wildman–Crippen LogP) is 6.23. The average Bonchev–Trinajstić information content (AvgIpc) is 2.26. The Kier molecular flexibility index (Phi) is 5.85. The summed E-state index contributed by atoms with van der Waals surface area (Å²) in [5, 5.41) is 0. The fraction of sp³-hybridized carbons (Fsp3) is 0.579. The maximum absolute atomic E-state index is 2.37. The van der Waals surface area contributed by atoms with Crippen molar-refractivity contribution in [3.05, 3.63) is 47.1 Å². The van der Waals surface area contributed by atoms with Gasteiger partial charge in [-0.25, -0.2) is 0 Å². The molecule has 0 atom stereocenters. The third-order valence-corrected chi connectivity index (χ3v) is 3.91. The van der Waals surface area contributed by atoms with Crippen LogP contribution in [0.15, 0.2) is 47.1 Å². The Morgan fingerprint density at radius 3 is 2.53 bits per heavy atom. The molecule has 0 nitrogen and oxygen atoms in total. The molecule has 1 aliphatic carbocycles. The van der Waals surface area contributed by atoms with Crippen molar-refractivity contribution in [2.45, 2.75) is 60.8 Å². The summed E-state index contributed by atoms with van der Waals surface area (Å²) in [6.45, 7) is 13.6. The second-order valence-corrected chi connectivity index (χ2v) is 6.80. The molecule has 0 heterocycles. The van der Waals surface area contributed by atoms with Crippen LogP contribution in [0, 0.1) is 11.3 Å². The Bertz CT molecular complexity index is 411. The molecule has 0 spiro atoms. The Balaban J connectivity index is 2.80. The second kappa shape index (κ2) is 6.93. The van der Waals surface area contributed by atoms with Crippen LogP contribution in [0.3, 0.4) is 0 Å². The Morgan fingerprint density at radius 2 is 1.95 bits per heavy atom. The van der Waals surface area contributed by atoms with Crippen LogP contribution in [0.25, 0.3) is 0 Å². The molecule has 0 aliphatic heterocycles. The fourth-order valence-electron chi connectivity index (χ4n) is 2.71. The van der Waals surface area contributed by atoms with Gasteiger partial charge in [-0.3, -0.25) is 0 Å². The lowest BCUT2D eigenvalue weighted by Gasteiger charge is -2.32. The van der Waals surface area contributed by atoms with Crippen LogP contribution < -0.4 is 0 Å². The third-order valence-electron chi connectivity index (χ3n) is 3.91. The third kappa shape index (κ3) is 5.22. The SMILES string of the molecule is CC1=C(/C=C/C(C)=C/C=C\C(C)C)C(C)(C)CCC1. The van der Waals surface area contributed by atoms with Crippen molar-refractivity contribution in [1.82, 2.24) is 0 Å². The van der Waals surface area contributed by atoms with Gasteiger partial charge >= 0.3 is 0 Å². The van der Waals surface area contributed by atoms with Gasteiger partial charge in [0, 0.05) is 0 Å². The summed E-state index contributed by atoms with van der Waals surface area (Å²) in [5.41, 5.74) is 4.77. The van der Waals surface area contributed by atoms with Crippen molar-refractivity contribution in [3.63, 3.8) is 0 Å². The molecule has 0 radical (unpaired) electrons. The highest BCUT2D eigenvalue weighted by Crippen LogP contribution is 2.40. The van der Waals surface area contributed by atoms with Crippen molar-refractivity contribution in [2.24, 2.45) is 11.3 Å². The maximum Gasteiger partial charge on any atom is -0.0104 e. The summed E-state index contributed by atoms with van der Waals surface area (Å²) in [4.78, 5) is 0. The zero-order chi connectivity index (χ0) is 14.5. The molecule has 0 N–H and O–H groups in total. The summed E-state index contributed by atoms with van der Waals surface area (Å²) in [5.74, 6) is 0.621. The molecule has 0 amide bonds. The monoisotopic (exact) mass is 258 g/mol. The molecule has 106 valence electrons. The minimum Gasteiger partial charge on any atom is -0.0820 e. The lowest BCUT2D eigenvalue weighted by Crippen LogP contribution is -2.19. The molecule has 0 bridgehead atoms. The van der Waals surface area contributed by atoms with Gasteiger partial charge in [0.25, 0.3) is 0 Å². The van der Waals surface area contributed by atoms with E-state index in [9.17, 15) is 0 Å². The molecular formula is C19H30. The first-order chi connectivity index (χ1) is 8.83. The molecule has 0 aromatic carbocycles. The molecule has 19 heavy (non-hydrogen) atoms. The minimum atomic E-state index is 0.340. The van der Waals surface area contributed by atoms with E-state index in [0.717, 1.165) is 0 Å². The fourth-order valence-corrected chi connectivity index (χ4v) is 2.71. The van der Waals surface area contributed by atoms with Gasteiger partial charge in [-0.2, -0.15) is 0 Å². The molecule has 0 fully saturated rings.